The van der Waals surface area contributed by atoms with Gasteiger partial charge in [0.05, 0.1) is 5.69 Å². The fourth-order valence-electron chi connectivity index (χ4n) is 2.96. The molecule has 1 aromatic carbocycles. The Morgan fingerprint density at radius 2 is 1.89 bits per heavy atom. The van der Waals surface area contributed by atoms with Crippen LogP contribution in [-0.2, 0) is 6.61 Å². The second-order valence-electron chi connectivity index (χ2n) is 6.15. The van der Waals surface area contributed by atoms with Crippen LogP contribution < -0.4 is 4.74 Å². The molecule has 4 heterocycles. The molecule has 0 aliphatic heterocycles. The molecular formula is C19H13ClN6O2. The first kappa shape index (κ1) is 16.6. The number of pyridine rings is 1. The summed E-state index contributed by atoms with van der Waals surface area (Å²) in [6, 6.07) is 13.4. The van der Waals surface area contributed by atoms with Gasteiger partial charge in [0.1, 0.15) is 6.61 Å². The molecule has 0 saturated carbocycles. The van der Waals surface area contributed by atoms with E-state index in [1.807, 2.05) is 42.5 Å². The maximum Gasteiger partial charge on any atom is 0.240 e. The molecule has 0 saturated heterocycles. The summed E-state index contributed by atoms with van der Waals surface area (Å²) in [5.74, 6) is 0.874. The van der Waals surface area contributed by atoms with Crippen molar-refractivity contribution >= 4 is 28.0 Å². The van der Waals surface area contributed by atoms with Gasteiger partial charge in [-0.05, 0) is 36.7 Å². The molecule has 8 nitrogen and oxygen atoms in total. The zero-order valence-corrected chi connectivity index (χ0v) is 15.5. The minimum Gasteiger partial charge on any atom is -0.470 e. The van der Waals surface area contributed by atoms with Crippen molar-refractivity contribution in [2.75, 3.05) is 0 Å². The predicted octanol–water partition coefficient (Wildman–Crippen LogP) is 3.87. The van der Waals surface area contributed by atoms with Crippen LogP contribution in [-0.4, -0.2) is 30.0 Å². The van der Waals surface area contributed by atoms with E-state index in [1.54, 1.807) is 17.6 Å². The summed E-state index contributed by atoms with van der Waals surface area (Å²) >= 11 is 6.00. The van der Waals surface area contributed by atoms with E-state index in [4.69, 9.17) is 20.9 Å². The van der Waals surface area contributed by atoms with Crippen molar-refractivity contribution in [2.24, 2.45) is 0 Å². The van der Waals surface area contributed by atoms with Crippen LogP contribution in [0.15, 0.2) is 53.2 Å². The van der Waals surface area contributed by atoms with Gasteiger partial charge in [-0.1, -0.05) is 29.4 Å². The summed E-state index contributed by atoms with van der Waals surface area (Å²) < 4.78 is 12.6. The van der Waals surface area contributed by atoms with Crippen molar-refractivity contribution in [2.45, 2.75) is 13.5 Å². The quantitative estimate of drug-likeness (QED) is 0.458. The molecule has 0 N–H and O–H groups in total. The highest BCUT2D eigenvalue weighted by Gasteiger charge is 2.21. The molecule has 138 valence electrons. The molecule has 0 unspecified atom stereocenters. The van der Waals surface area contributed by atoms with Gasteiger partial charge in [-0.3, -0.25) is 4.98 Å². The summed E-state index contributed by atoms with van der Waals surface area (Å²) in [4.78, 5) is 4.28. The van der Waals surface area contributed by atoms with Crippen molar-refractivity contribution in [3.8, 4) is 17.4 Å². The average molecular weight is 393 g/mol. The van der Waals surface area contributed by atoms with Gasteiger partial charge in [-0.2, -0.15) is 4.52 Å². The third-order valence-electron chi connectivity index (χ3n) is 4.39. The van der Waals surface area contributed by atoms with Gasteiger partial charge in [0.25, 0.3) is 0 Å². The lowest BCUT2D eigenvalue weighted by Gasteiger charge is -2.09. The molecule has 0 spiro atoms. The first-order chi connectivity index (χ1) is 13.7. The zero-order chi connectivity index (χ0) is 19.1. The molecule has 0 amide bonds. The number of nitrogens with zero attached hydrogens (tertiary/aromatic N) is 6. The molecule has 0 atom stereocenters. The Labute approximate surface area is 163 Å². The third-order valence-corrected chi connectivity index (χ3v) is 4.74. The Morgan fingerprint density at radius 1 is 1.07 bits per heavy atom. The fraction of sp³-hybridized carbons (Fsp3) is 0.105. The minimum atomic E-state index is 0.208. The van der Waals surface area contributed by atoms with Crippen molar-refractivity contribution < 1.29 is 9.26 Å². The number of hydrogen-bond acceptors (Lipinski definition) is 7. The number of benzene rings is 1. The van der Waals surface area contributed by atoms with E-state index in [9.17, 15) is 0 Å². The first-order valence-electron chi connectivity index (χ1n) is 8.51. The molecular weight excluding hydrogens is 380 g/mol. The number of rotatable bonds is 4. The maximum absolute atomic E-state index is 6.00. The van der Waals surface area contributed by atoms with Crippen LogP contribution in [0.25, 0.3) is 27.9 Å². The zero-order valence-electron chi connectivity index (χ0n) is 14.7. The Balaban J connectivity index is 1.68. The summed E-state index contributed by atoms with van der Waals surface area (Å²) in [7, 11) is 0. The van der Waals surface area contributed by atoms with Gasteiger partial charge in [0.15, 0.2) is 11.3 Å². The molecule has 0 aliphatic rings. The minimum absolute atomic E-state index is 0.208. The lowest BCUT2D eigenvalue weighted by molar-refractivity contribution is 0.289. The van der Waals surface area contributed by atoms with E-state index in [2.05, 4.69) is 25.4 Å². The Morgan fingerprint density at radius 3 is 2.64 bits per heavy atom. The van der Waals surface area contributed by atoms with E-state index in [1.165, 1.54) is 0 Å². The SMILES string of the molecule is Cc1c(-c2nnc3c4ccccc4c(OCc4ccccn4)nn23)noc1Cl. The number of hydrogen-bond donors (Lipinski definition) is 0. The van der Waals surface area contributed by atoms with Gasteiger partial charge in [-0.25, -0.2) is 0 Å². The second kappa shape index (κ2) is 6.58. The van der Waals surface area contributed by atoms with E-state index < -0.39 is 0 Å². The molecule has 28 heavy (non-hydrogen) atoms. The van der Waals surface area contributed by atoms with Crippen LogP contribution >= 0.6 is 11.6 Å². The van der Waals surface area contributed by atoms with Gasteiger partial charge < -0.3 is 9.26 Å². The van der Waals surface area contributed by atoms with E-state index >= 15 is 0 Å². The molecule has 0 bridgehead atoms. The number of halogens is 1. The lowest BCUT2D eigenvalue weighted by Crippen LogP contribution is -2.04. The van der Waals surface area contributed by atoms with Crippen molar-refractivity contribution in [3.63, 3.8) is 0 Å². The molecule has 4 aromatic heterocycles. The summed E-state index contributed by atoms with van der Waals surface area (Å²) in [6.45, 7) is 2.09. The predicted molar refractivity (Wildman–Crippen MR) is 102 cm³/mol. The van der Waals surface area contributed by atoms with E-state index in [-0.39, 0.29) is 11.8 Å². The van der Waals surface area contributed by atoms with Crippen LogP contribution in [0.4, 0.5) is 0 Å². The molecule has 0 aliphatic carbocycles. The number of ether oxygens (including phenoxy) is 1. The summed E-state index contributed by atoms with van der Waals surface area (Å²) in [5, 5.41) is 19.1. The number of aromatic nitrogens is 6. The Kier molecular flexibility index (Phi) is 3.91. The van der Waals surface area contributed by atoms with Crippen molar-refractivity contribution in [1.29, 1.82) is 0 Å². The molecule has 0 radical (unpaired) electrons. The highest BCUT2D eigenvalue weighted by molar-refractivity contribution is 6.29. The average Bonchev–Trinajstić information content (AvgIpc) is 3.30. The molecule has 0 fully saturated rings. The summed E-state index contributed by atoms with van der Waals surface area (Å²) in [6.07, 6.45) is 1.72. The van der Waals surface area contributed by atoms with Crippen molar-refractivity contribution in [3.05, 3.63) is 65.1 Å². The fourth-order valence-corrected chi connectivity index (χ4v) is 3.08. The number of fused-ring (bicyclic) bond motifs is 3. The molecule has 9 heteroatoms. The monoisotopic (exact) mass is 392 g/mol. The van der Waals surface area contributed by atoms with Crippen LogP contribution in [0, 0.1) is 6.92 Å². The van der Waals surface area contributed by atoms with Gasteiger partial charge in [-0.15, -0.1) is 15.3 Å². The lowest BCUT2D eigenvalue weighted by atomic mass is 10.2. The van der Waals surface area contributed by atoms with Gasteiger partial charge in [0.2, 0.25) is 16.9 Å². The molecule has 5 aromatic rings. The largest absolute Gasteiger partial charge is 0.470 e. The maximum atomic E-state index is 6.00. The molecule has 5 rings (SSSR count). The second-order valence-corrected chi connectivity index (χ2v) is 6.49. The van der Waals surface area contributed by atoms with Crippen LogP contribution in [0.5, 0.6) is 5.88 Å². The normalized spacial score (nSPS) is 11.4. The Bertz CT molecular complexity index is 1300. The van der Waals surface area contributed by atoms with Gasteiger partial charge >= 0.3 is 0 Å². The van der Waals surface area contributed by atoms with E-state index in [0.717, 1.165) is 16.5 Å². The standard InChI is InChI=1S/C19H13ClN6O2/c1-11-15(25-28-16(11)20)18-23-22-17-13-7-2-3-8-14(13)19(24-26(17)18)27-10-12-6-4-5-9-21-12/h2-9H,10H2,1H3. The van der Waals surface area contributed by atoms with Crippen molar-refractivity contribution in [1.82, 2.24) is 30.0 Å². The third kappa shape index (κ3) is 2.66. The topological polar surface area (TPSA) is 91.2 Å². The van der Waals surface area contributed by atoms with Crippen LogP contribution in [0.1, 0.15) is 11.3 Å². The van der Waals surface area contributed by atoms with Crippen LogP contribution in [0.3, 0.4) is 0 Å². The van der Waals surface area contributed by atoms with Gasteiger partial charge in [0, 0.05) is 22.5 Å². The Hall–Kier alpha value is -3.52. The smallest absolute Gasteiger partial charge is 0.240 e. The summed E-state index contributed by atoms with van der Waals surface area (Å²) in [5.41, 5.74) is 2.55. The van der Waals surface area contributed by atoms with Crippen LogP contribution in [0.2, 0.25) is 5.22 Å². The first-order valence-corrected chi connectivity index (χ1v) is 8.89. The van der Waals surface area contributed by atoms with E-state index in [0.29, 0.717) is 28.6 Å². The highest BCUT2D eigenvalue weighted by atomic mass is 35.5. The highest BCUT2D eigenvalue weighted by Crippen LogP contribution is 2.31.